The summed E-state index contributed by atoms with van der Waals surface area (Å²) in [5.74, 6) is 0.640. The van der Waals surface area contributed by atoms with E-state index in [4.69, 9.17) is 4.74 Å². The quantitative estimate of drug-likeness (QED) is 0.879. The summed E-state index contributed by atoms with van der Waals surface area (Å²) in [5.41, 5.74) is 1.72. The Bertz CT molecular complexity index is 413. The number of benzene rings is 1. The van der Waals surface area contributed by atoms with E-state index < -0.39 is 0 Å². The number of nitrogens with one attached hydrogen (secondary N) is 1. The highest BCUT2D eigenvalue weighted by Crippen LogP contribution is 2.42. The number of ether oxygens (including phenoxy) is 1. The minimum absolute atomic E-state index is 0.265. The van der Waals surface area contributed by atoms with E-state index in [-0.39, 0.29) is 5.60 Å². The van der Waals surface area contributed by atoms with Gasteiger partial charge in [0.2, 0.25) is 0 Å². The highest BCUT2D eigenvalue weighted by molar-refractivity contribution is 5.18. The Kier molecular flexibility index (Phi) is 4.42. The van der Waals surface area contributed by atoms with Gasteiger partial charge in [0.15, 0.2) is 0 Å². The maximum atomic E-state index is 5.99. The number of hydrogen-bond donors (Lipinski definition) is 1. The molecular weight excluding hydrogens is 246 g/mol. The van der Waals surface area contributed by atoms with Gasteiger partial charge in [-0.2, -0.15) is 0 Å². The first-order chi connectivity index (χ1) is 9.77. The first-order valence-electron chi connectivity index (χ1n) is 8.20. The molecule has 2 nitrogen and oxygen atoms in total. The van der Waals surface area contributed by atoms with Gasteiger partial charge < -0.3 is 10.1 Å². The van der Waals surface area contributed by atoms with Gasteiger partial charge >= 0.3 is 0 Å². The summed E-state index contributed by atoms with van der Waals surface area (Å²) in [6.45, 7) is 4.40. The highest BCUT2D eigenvalue weighted by Gasteiger charge is 2.42. The second kappa shape index (κ2) is 6.28. The molecule has 1 aliphatic heterocycles. The van der Waals surface area contributed by atoms with E-state index in [1.807, 2.05) is 0 Å². The van der Waals surface area contributed by atoms with E-state index in [0.29, 0.717) is 12.0 Å². The lowest BCUT2D eigenvalue weighted by atomic mass is 9.74. The van der Waals surface area contributed by atoms with Crippen LogP contribution in [0.15, 0.2) is 30.3 Å². The van der Waals surface area contributed by atoms with E-state index in [9.17, 15) is 0 Å². The Morgan fingerprint density at radius 1 is 1.30 bits per heavy atom. The Balaban J connectivity index is 1.41. The van der Waals surface area contributed by atoms with Crippen LogP contribution in [0.3, 0.4) is 0 Å². The summed E-state index contributed by atoms with van der Waals surface area (Å²) < 4.78 is 5.99. The molecule has 0 amide bonds. The van der Waals surface area contributed by atoms with Crippen molar-refractivity contribution in [1.29, 1.82) is 0 Å². The molecule has 2 atom stereocenters. The first kappa shape index (κ1) is 14.1. The average Bonchev–Trinajstić information content (AvgIpc) is 2.47. The second-order valence-corrected chi connectivity index (χ2v) is 6.63. The van der Waals surface area contributed by atoms with Crippen molar-refractivity contribution in [2.75, 3.05) is 13.2 Å². The van der Waals surface area contributed by atoms with Gasteiger partial charge in [-0.05, 0) is 56.6 Å². The molecule has 20 heavy (non-hydrogen) atoms. The third-order valence-corrected chi connectivity index (χ3v) is 5.14. The van der Waals surface area contributed by atoms with Crippen LogP contribution in [0.1, 0.15) is 56.9 Å². The molecule has 1 aromatic rings. The molecule has 1 saturated carbocycles. The molecule has 1 N–H and O–H groups in total. The number of rotatable bonds is 5. The van der Waals surface area contributed by atoms with Crippen molar-refractivity contribution in [3.63, 3.8) is 0 Å². The van der Waals surface area contributed by atoms with E-state index in [1.54, 1.807) is 0 Å². The lowest BCUT2D eigenvalue weighted by Crippen LogP contribution is -2.51. The summed E-state index contributed by atoms with van der Waals surface area (Å²) >= 11 is 0. The van der Waals surface area contributed by atoms with Crippen LogP contribution in [0.25, 0.3) is 0 Å². The molecule has 110 valence electrons. The van der Waals surface area contributed by atoms with Gasteiger partial charge in [0.1, 0.15) is 0 Å². The summed E-state index contributed by atoms with van der Waals surface area (Å²) in [7, 11) is 0. The van der Waals surface area contributed by atoms with Gasteiger partial charge in [-0.3, -0.25) is 0 Å². The molecule has 1 aliphatic carbocycles. The minimum atomic E-state index is 0.265. The standard InChI is InChI=1S/C18H27NO/c1-15(16-6-3-2-4-7-16)8-12-19-17-9-13-20-18(14-17)10-5-11-18/h2-4,6-7,15,17,19H,5,8-14H2,1H3. The van der Waals surface area contributed by atoms with E-state index >= 15 is 0 Å². The predicted molar refractivity (Wildman–Crippen MR) is 83.0 cm³/mol. The van der Waals surface area contributed by atoms with Gasteiger partial charge in [0, 0.05) is 12.6 Å². The third kappa shape index (κ3) is 3.24. The summed E-state index contributed by atoms with van der Waals surface area (Å²) in [6, 6.07) is 11.5. The van der Waals surface area contributed by atoms with Crippen LogP contribution in [0.2, 0.25) is 0 Å². The minimum Gasteiger partial charge on any atom is -0.375 e. The fraction of sp³-hybridized carbons (Fsp3) is 0.667. The van der Waals surface area contributed by atoms with Crippen molar-refractivity contribution in [3.8, 4) is 0 Å². The maximum Gasteiger partial charge on any atom is 0.0697 e. The summed E-state index contributed by atoms with van der Waals surface area (Å²) in [5, 5.41) is 3.77. The zero-order chi connectivity index (χ0) is 13.8. The average molecular weight is 273 g/mol. The fourth-order valence-corrected chi connectivity index (χ4v) is 3.57. The lowest BCUT2D eigenvalue weighted by Gasteiger charge is -2.47. The molecule has 0 bridgehead atoms. The van der Waals surface area contributed by atoms with Crippen molar-refractivity contribution in [2.24, 2.45) is 0 Å². The Hall–Kier alpha value is -0.860. The molecule has 2 fully saturated rings. The second-order valence-electron chi connectivity index (χ2n) is 6.63. The zero-order valence-electron chi connectivity index (χ0n) is 12.6. The predicted octanol–water partition coefficient (Wildman–Crippen LogP) is 3.87. The van der Waals surface area contributed by atoms with Crippen LogP contribution < -0.4 is 5.32 Å². The van der Waals surface area contributed by atoms with Gasteiger partial charge in [-0.15, -0.1) is 0 Å². The molecule has 1 heterocycles. The topological polar surface area (TPSA) is 21.3 Å². The largest absolute Gasteiger partial charge is 0.375 e. The van der Waals surface area contributed by atoms with Gasteiger partial charge in [0.05, 0.1) is 5.60 Å². The summed E-state index contributed by atoms with van der Waals surface area (Å²) in [6.07, 6.45) is 7.55. The maximum absolute atomic E-state index is 5.99. The van der Waals surface area contributed by atoms with Gasteiger partial charge in [0.25, 0.3) is 0 Å². The molecule has 1 saturated heterocycles. The molecular formula is C18H27NO. The van der Waals surface area contributed by atoms with Gasteiger partial charge in [-0.1, -0.05) is 37.3 Å². The van der Waals surface area contributed by atoms with E-state index in [1.165, 1.54) is 44.1 Å². The Morgan fingerprint density at radius 2 is 2.10 bits per heavy atom. The lowest BCUT2D eigenvalue weighted by molar-refractivity contribution is -0.135. The van der Waals surface area contributed by atoms with Crippen LogP contribution in [0.5, 0.6) is 0 Å². The molecule has 2 unspecified atom stereocenters. The molecule has 2 heteroatoms. The molecule has 1 aromatic carbocycles. The van der Waals surface area contributed by atoms with E-state index in [0.717, 1.165) is 13.2 Å². The fourth-order valence-electron chi connectivity index (χ4n) is 3.57. The first-order valence-corrected chi connectivity index (χ1v) is 8.20. The van der Waals surface area contributed by atoms with Gasteiger partial charge in [-0.25, -0.2) is 0 Å². The van der Waals surface area contributed by atoms with E-state index in [2.05, 4.69) is 42.6 Å². The van der Waals surface area contributed by atoms with Crippen molar-refractivity contribution >= 4 is 0 Å². The zero-order valence-corrected chi connectivity index (χ0v) is 12.6. The van der Waals surface area contributed by atoms with Crippen LogP contribution in [-0.4, -0.2) is 24.8 Å². The molecule has 3 rings (SSSR count). The highest BCUT2D eigenvalue weighted by atomic mass is 16.5. The van der Waals surface area contributed by atoms with Crippen LogP contribution >= 0.6 is 0 Å². The molecule has 1 spiro atoms. The van der Waals surface area contributed by atoms with Crippen LogP contribution in [-0.2, 0) is 4.74 Å². The van der Waals surface area contributed by atoms with Crippen LogP contribution in [0.4, 0.5) is 0 Å². The summed E-state index contributed by atoms with van der Waals surface area (Å²) in [4.78, 5) is 0. The SMILES string of the molecule is CC(CCNC1CCOC2(CCC2)C1)c1ccccc1. The smallest absolute Gasteiger partial charge is 0.0697 e. The molecule has 2 aliphatic rings. The Morgan fingerprint density at radius 3 is 2.80 bits per heavy atom. The number of hydrogen-bond acceptors (Lipinski definition) is 2. The normalized spacial score (nSPS) is 26.1. The van der Waals surface area contributed by atoms with Crippen molar-refractivity contribution in [3.05, 3.63) is 35.9 Å². The molecule has 0 radical (unpaired) electrons. The van der Waals surface area contributed by atoms with Crippen molar-refractivity contribution < 1.29 is 4.74 Å². The Labute approximate surface area is 122 Å². The van der Waals surface area contributed by atoms with Crippen LogP contribution in [0, 0.1) is 0 Å². The monoisotopic (exact) mass is 273 g/mol. The van der Waals surface area contributed by atoms with Crippen molar-refractivity contribution in [1.82, 2.24) is 5.32 Å². The van der Waals surface area contributed by atoms with Crippen molar-refractivity contribution in [2.45, 2.75) is 63.0 Å². The molecule has 0 aromatic heterocycles. The third-order valence-electron chi connectivity index (χ3n) is 5.14.